The van der Waals surface area contributed by atoms with Crippen molar-refractivity contribution in [3.63, 3.8) is 0 Å². The molecule has 0 aliphatic rings. The van der Waals surface area contributed by atoms with Gasteiger partial charge in [-0.1, -0.05) is 19.4 Å². The fraction of sp³-hybridized carbons (Fsp3) is 0.462. The van der Waals surface area contributed by atoms with Gasteiger partial charge < -0.3 is 10.4 Å². The van der Waals surface area contributed by atoms with Gasteiger partial charge in [-0.25, -0.2) is 4.79 Å². The van der Waals surface area contributed by atoms with E-state index in [1.54, 1.807) is 12.1 Å². The normalized spacial score (nSPS) is 12.2. The highest BCUT2D eigenvalue weighted by molar-refractivity contribution is 5.89. The fourth-order valence-corrected chi connectivity index (χ4v) is 1.68. The highest BCUT2D eigenvalue weighted by Gasteiger charge is 2.07. The van der Waals surface area contributed by atoms with Crippen LogP contribution >= 0.6 is 0 Å². The van der Waals surface area contributed by atoms with Crippen molar-refractivity contribution in [1.29, 1.82) is 0 Å². The molecule has 3 heteroatoms. The Balaban J connectivity index is 2.85. The standard InChI is InChI=1S/C13H19NO2/c1-4-5-10(3)14-12-8-11(13(15)16)7-6-9(12)2/h6-8,10,14H,4-5H2,1-3H3,(H,15,16). The molecule has 2 N–H and O–H groups in total. The number of hydrogen-bond acceptors (Lipinski definition) is 2. The summed E-state index contributed by atoms with van der Waals surface area (Å²) in [4.78, 5) is 10.8. The Hall–Kier alpha value is -1.51. The molecule has 0 fully saturated rings. The van der Waals surface area contributed by atoms with Gasteiger partial charge in [0.2, 0.25) is 0 Å². The highest BCUT2D eigenvalue weighted by Crippen LogP contribution is 2.18. The van der Waals surface area contributed by atoms with Crippen molar-refractivity contribution in [1.82, 2.24) is 0 Å². The summed E-state index contributed by atoms with van der Waals surface area (Å²) in [5, 5.41) is 12.3. The molecule has 0 amide bonds. The molecular weight excluding hydrogens is 202 g/mol. The average molecular weight is 221 g/mol. The van der Waals surface area contributed by atoms with Crippen molar-refractivity contribution in [3.05, 3.63) is 29.3 Å². The van der Waals surface area contributed by atoms with Gasteiger partial charge in [-0.2, -0.15) is 0 Å². The second kappa shape index (κ2) is 5.54. The molecule has 3 nitrogen and oxygen atoms in total. The Morgan fingerprint density at radius 1 is 1.50 bits per heavy atom. The van der Waals surface area contributed by atoms with Crippen molar-refractivity contribution in [2.75, 3.05) is 5.32 Å². The molecule has 0 saturated heterocycles. The largest absolute Gasteiger partial charge is 0.478 e. The van der Waals surface area contributed by atoms with E-state index in [1.807, 2.05) is 13.0 Å². The number of carboxylic acid groups (broad SMARTS) is 1. The maximum absolute atomic E-state index is 10.8. The zero-order valence-corrected chi connectivity index (χ0v) is 10.1. The Kier molecular flexibility index (Phi) is 4.35. The number of rotatable bonds is 5. The smallest absolute Gasteiger partial charge is 0.335 e. The summed E-state index contributed by atoms with van der Waals surface area (Å²) in [5.74, 6) is -0.883. The minimum Gasteiger partial charge on any atom is -0.478 e. The zero-order chi connectivity index (χ0) is 12.1. The minimum absolute atomic E-state index is 0.330. The molecule has 1 rings (SSSR count). The Labute approximate surface area is 96.5 Å². The number of aromatic carboxylic acids is 1. The van der Waals surface area contributed by atoms with Crippen LogP contribution in [0.15, 0.2) is 18.2 Å². The minimum atomic E-state index is -0.883. The van der Waals surface area contributed by atoms with Crippen LogP contribution in [0.25, 0.3) is 0 Å². The molecule has 1 aromatic rings. The molecule has 16 heavy (non-hydrogen) atoms. The molecule has 1 aromatic carbocycles. The second-order valence-corrected chi connectivity index (χ2v) is 4.17. The van der Waals surface area contributed by atoms with Gasteiger partial charge in [0, 0.05) is 11.7 Å². The lowest BCUT2D eigenvalue weighted by Crippen LogP contribution is -2.15. The van der Waals surface area contributed by atoms with Crippen LogP contribution in [0, 0.1) is 6.92 Å². The monoisotopic (exact) mass is 221 g/mol. The second-order valence-electron chi connectivity index (χ2n) is 4.17. The maximum Gasteiger partial charge on any atom is 0.335 e. The number of anilines is 1. The third-order valence-electron chi connectivity index (χ3n) is 2.61. The zero-order valence-electron chi connectivity index (χ0n) is 10.1. The summed E-state index contributed by atoms with van der Waals surface area (Å²) >= 11 is 0. The van der Waals surface area contributed by atoms with Crippen LogP contribution in [0.5, 0.6) is 0 Å². The molecule has 0 spiro atoms. The quantitative estimate of drug-likeness (QED) is 0.802. The molecule has 1 atom stereocenters. The van der Waals surface area contributed by atoms with E-state index in [4.69, 9.17) is 5.11 Å². The molecule has 1 unspecified atom stereocenters. The Morgan fingerprint density at radius 2 is 2.19 bits per heavy atom. The lowest BCUT2D eigenvalue weighted by Gasteiger charge is -2.16. The number of benzene rings is 1. The van der Waals surface area contributed by atoms with Gasteiger partial charge in [0.25, 0.3) is 0 Å². The first kappa shape index (κ1) is 12.6. The van der Waals surface area contributed by atoms with E-state index in [-0.39, 0.29) is 0 Å². The number of carboxylic acids is 1. The van der Waals surface area contributed by atoms with Gasteiger partial charge in [0.15, 0.2) is 0 Å². The molecule has 0 aliphatic carbocycles. The molecule has 0 radical (unpaired) electrons. The fourth-order valence-electron chi connectivity index (χ4n) is 1.68. The van der Waals surface area contributed by atoms with E-state index in [0.29, 0.717) is 11.6 Å². The first-order valence-corrected chi connectivity index (χ1v) is 5.65. The summed E-state index contributed by atoms with van der Waals surface area (Å²) < 4.78 is 0. The van der Waals surface area contributed by atoms with E-state index >= 15 is 0 Å². The van der Waals surface area contributed by atoms with Crippen LogP contribution < -0.4 is 5.32 Å². The predicted octanol–water partition coefficient (Wildman–Crippen LogP) is 3.29. The topological polar surface area (TPSA) is 49.3 Å². The summed E-state index contributed by atoms with van der Waals surface area (Å²) in [6.45, 7) is 6.22. The van der Waals surface area contributed by atoms with E-state index in [1.165, 1.54) is 0 Å². The SMILES string of the molecule is CCCC(C)Nc1cc(C(=O)O)ccc1C. The van der Waals surface area contributed by atoms with Gasteiger partial charge >= 0.3 is 5.97 Å². The van der Waals surface area contributed by atoms with Crippen LogP contribution in [-0.4, -0.2) is 17.1 Å². The molecule has 0 aromatic heterocycles. The number of nitrogens with one attached hydrogen (secondary N) is 1. The Morgan fingerprint density at radius 3 is 2.75 bits per heavy atom. The van der Waals surface area contributed by atoms with Crippen LogP contribution in [-0.2, 0) is 0 Å². The van der Waals surface area contributed by atoms with E-state index in [0.717, 1.165) is 24.1 Å². The van der Waals surface area contributed by atoms with Crippen LogP contribution in [0.1, 0.15) is 42.6 Å². The van der Waals surface area contributed by atoms with Crippen LogP contribution in [0.4, 0.5) is 5.69 Å². The number of hydrogen-bond donors (Lipinski definition) is 2. The summed E-state index contributed by atoms with van der Waals surface area (Å²) in [6, 6.07) is 5.54. The number of aryl methyl sites for hydroxylation is 1. The van der Waals surface area contributed by atoms with Crippen molar-refractivity contribution in [3.8, 4) is 0 Å². The predicted molar refractivity (Wildman–Crippen MR) is 66.1 cm³/mol. The summed E-state index contributed by atoms with van der Waals surface area (Å²) in [7, 11) is 0. The van der Waals surface area contributed by atoms with E-state index in [2.05, 4.69) is 19.2 Å². The van der Waals surface area contributed by atoms with Gasteiger partial charge in [-0.05, 0) is 38.0 Å². The molecule has 0 saturated carbocycles. The van der Waals surface area contributed by atoms with Crippen molar-refractivity contribution in [2.24, 2.45) is 0 Å². The highest BCUT2D eigenvalue weighted by atomic mass is 16.4. The van der Waals surface area contributed by atoms with Gasteiger partial charge in [0.1, 0.15) is 0 Å². The third kappa shape index (κ3) is 3.26. The molecule has 0 aliphatic heterocycles. The van der Waals surface area contributed by atoms with Crippen LogP contribution in [0.3, 0.4) is 0 Å². The number of carbonyl (C=O) groups is 1. The molecular formula is C13H19NO2. The van der Waals surface area contributed by atoms with Crippen molar-refractivity contribution >= 4 is 11.7 Å². The maximum atomic E-state index is 10.8. The Bertz CT molecular complexity index is 374. The van der Waals surface area contributed by atoms with Gasteiger partial charge in [0.05, 0.1) is 5.56 Å². The molecule has 0 bridgehead atoms. The molecule has 88 valence electrons. The van der Waals surface area contributed by atoms with Gasteiger partial charge in [-0.15, -0.1) is 0 Å². The average Bonchev–Trinajstić information content (AvgIpc) is 2.21. The summed E-state index contributed by atoms with van der Waals surface area (Å²) in [6.07, 6.45) is 2.20. The van der Waals surface area contributed by atoms with Crippen molar-refractivity contribution < 1.29 is 9.90 Å². The van der Waals surface area contributed by atoms with Crippen molar-refractivity contribution in [2.45, 2.75) is 39.7 Å². The van der Waals surface area contributed by atoms with Gasteiger partial charge in [-0.3, -0.25) is 0 Å². The van der Waals surface area contributed by atoms with E-state index in [9.17, 15) is 4.79 Å². The first-order chi connectivity index (χ1) is 7.54. The molecule has 0 heterocycles. The van der Waals surface area contributed by atoms with E-state index < -0.39 is 5.97 Å². The third-order valence-corrected chi connectivity index (χ3v) is 2.61. The van der Waals surface area contributed by atoms with Crippen LogP contribution in [0.2, 0.25) is 0 Å². The lowest BCUT2D eigenvalue weighted by molar-refractivity contribution is 0.0697. The summed E-state index contributed by atoms with van der Waals surface area (Å²) in [5.41, 5.74) is 2.32. The lowest BCUT2D eigenvalue weighted by atomic mass is 10.1. The first-order valence-electron chi connectivity index (χ1n) is 5.65.